The van der Waals surface area contributed by atoms with Gasteiger partial charge in [0.2, 0.25) is 0 Å². The molecule has 1 amide bonds. The number of rotatable bonds is 2. The number of hydrogen-bond donors (Lipinski definition) is 1. The van der Waals surface area contributed by atoms with Crippen LogP contribution in [-0.2, 0) is 0 Å². The summed E-state index contributed by atoms with van der Waals surface area (Å²) >= 11 is 3.16. The van der Waals surface area contributed by atoms with Crippen molar-refractivity contribution in [2.24, 2.45) is 0 Å². The summed E-state index contributed by atoms with van der Waals surface area (Å²) in [4.78, 5) is 11.9. The smallest absolute Gasteiger partial charge is 0.255 e. The van der Waals surface area contributed by atoms with Crippen molar-refractivity contribution in [1.82, 2.24) is 0 Å². The van der Waals surface area contributed by atoms with Crippen LogP contribution in [0, 0.1) is 12.7 Å². The lowest BCUT2D eigenvalue weighted by Crippen LogP contribution is -2.12. The van der Waals surface area contributed by atoms with E-state index in [0.717, 1.165) is 5.56 Å². The number of halogens is 2. The zero-order valence-electron chi connectivity index (χ0n) is 9.71. The molecule has 4 heteroatoms. The summed E-state index contributed by atoms with van der Waals surface area (Å²) in [6.45, 7) is 1.94. The van der Waals surface area contributed by atoms with E-state index in [2.05, 4.69) is 21.2 Å². The molecule has 2 rings (SSSR count). The summed E-state index contributed by atoms with van der Waals surface area (Å²) in [5.74, 6) is -0.791. The van der Waals surface area contributed by atoms with Gasteiger partial charge in [0.25, 0.3) is 5.91 Å². The Labute approximate surface area is 113 Å². The Balaban J connectivity index is 2.18. The molecule has 1 N–H and O–H groups in total. The van der Waals surface area contributed by atoms with Crippen LogP contribution < -0.4 is 5.32 Å². The fourth-order valence-corrected chi connectivity index (χ4v) is 1.82. The molecule has 0 radical (unpaired) electrons. The van der Waals surface area contributed by atoms with Crippen LogP contribution in [-0.4, -0.2) is 5.91 Å². The number of hydrogen-bond acceptors (Lipinski definition) is 1. The van der Waals surface area contributed by atoms with E-state index in [1.54, 1.807) is 18.2 Å². The van der Waals surface area contributed by atoms with Crippen LogP contribution in [0.5, 0.6) is 0 Å². The summed E-state index contributed by atoms with van der Waals surface area (Å²) in [7, 11) is 0. The number of carbonyl (C=O) groups is 1. The SMILES string of the molecule is Cc1ccc(C(=O)Nc2ccc(Br)cc2F)cc1. The van der Waals surface area contributed by atoms with Crippen molar-refractivity contribution in [3.8, 4) is 0 Å². The Morgan fingerprint density at radius 3 is 2.44 bits per heavy atom. The molecule has 2 nitrogen and oxygen atoms in total. The topological polar surface area (TPSA) is 29.1 Å². The van der Waals surface area contributed by atoms with Crippen molar-refractivity contribution in [3.05, 3.63) is 63.9 Å². The Morgan fingerprint density at radius 1 is 1.17 bits per heavy atom. The Bertz CT molecular complexity index is 581. The van der Waals surface area contributed by atoms with Crippen LogP contribution in [0.4, 0.5) is 10.1 Å². The number of anilines is 1. The van der Waals surface area contributed by atoms with E-state index in [-0.39, 0.29) is 11.6 Å². The second kappa shape index (κ2) is 5.31. The van der Waals surface area contributed by atoms with Crippen molar-refractivity contribution >= 4 is 27.5 Å². The lowest BCUT2D eigenvalue weighted by Gasteiger charge is -2.07. The van der Waals surface area contributed by atoms with Crippen LogP contribution in [0.25, 0.3) is 0 Å². The van der Waals surface area contributed by atoms with Crippen LogP contribution in [0.1, 0.15) is 15.9 Å². The van der Waals surface area contributed by atoms with Crippen LogP contribution >= 0.6 is 15.9 Å². The maximum absolute atomic E-state index is 13.5. The number of benzene rings is 2. The Morgan fingerprint density at radius 2 is 1.83 bits per heavy atom. The molecule has 0 atom stereocenters. The molecule has 18 heavy (non-hydrogen) atoms. The molecule has 0 fully saturated rings. The fourth-order valence-electron chi connectivity index (χ4n) is 1.49. The van der Waals surface area contributed by atoms with Crippen molar-refractivity contribution in [3.63, 3.8) is 0 Å². The summed E-state index contributed by atoms with van der Waals surface area (Å²) in [5, 5.41) is 2.54. The number of aryl methyl sites for hydroxylation is 1. The molecule has 0 bridgehead atoms. The van der Waals surface area contributed by atoms with E-state index in [9.17, 15) is 9.18 Å². The van der Waals surface area contributed by atoms with E-state index >= 15 is 0 Å². The zero-order valence-corrected chi connectivity index (χ0v) is 11.3. The number of carbonyl (C=O) groups excluding carboxylic acids is 1. The molecule has 0 aliphatic carbocycles. The number of amides is 1. The van der Waals surface area contributed by atoms with Gasteiger partial charge >= 0.3 is 0 Å². The van der Waals surface area contributed by atoms with Gasteiger partial charge in [0.15, 0.2) is 0 Å². The van der Waals surface area contributed by atoms with E-state index in [1.165, 1.54) is 12.1 Å². The first kappa shape index (κ1) is 12.8. The summed E-state index contributed by atoms with van der Waals surface area (Å²) in [6.07, 6.45) is 0. The molecular formula is C14H11BrFNO. The second-order valence-electron chi connectivity index (χ2n) is 3.94. The largest absolute Gasteiger partial charge is 0.319 e. The summed E-state index contributed by atoms with van der Waals surface area (Å²) in [6, 6.07) is 11.6. The van der Waals surface area contributed by atoms with Gasteiger partial charge in [0, 0.05) is 10.0 Å². The standard InChI is InChI=1S/C14H11BrFNO/c1-9-2-4-10(5-3-9)14(18)17-13-7-6-11(15)8-12(13)16/h2-8H,1H3,(H,17,18). The molecule has 0 saturated carbocycles. The van der Waals surface area contributed by atoms with E-state index in [4.69, 9.17) is 0 Å². The molecule has 0 unspecified atom stereocenters. The van der Waals surface area contributed by atoms with Gasteiger partial charge in [-0.1, -0.05) is 33.6 Å². The highest BCUT2D eigenvalue weighted by molar-refractivity contribution is 9.10. The van der Waals surface area contributed by atoms with Crippen LogP contribution in [0.3, 0.4) is 0 Å². The van der Waals surface area contributed by atoms with Gasteiger partial charge in [-0.15, -0.1) is 0 Å². The van der Waals surface area contributed by atoms with Gasteiger partial charge in [0.05, 0.1) is 5.69 Å². The number of nitrogens with one attached hydrogen (secondary N) is 1. The quantitative estimate of drug-likeness (QED) is 0.887. The van der Waals surface area contributed by atoms with Gasteiger partial charge < -0.3 is 5.32 Å². The van der Waals surface area contributed by atoms with Gasteiger partial charge in [-0.2, -0.15) is 0 Å². The minimum Gasteiger partial charge on any atom is -0.319 e. The molecule has 0 saturated heterocycles. The first-order valence-corrected chi connectivity index (χ1v) is 6.18. The van der Waals surface area contributed by atoms with E-state index < -0.39 is 5.82 Å². The van der Waals surface area contributed by atoms with Crippen molar-refractivity contribution < 1.29 is 9.18 Å². The highest BCUT2D eigenvalue weighted by atomic mass is 79.9. The lowest BCUT2D eigenvalue weighted by atomic mass is 10.1. The average molecular weight is 308 g/mol. The minimum atomic E-state index is -0.468. The van der Waals surface area contributed by atoms with E-state index in [1.807, 2.05) is 19.1 Å². The third kappa shape index (κ3) is 2.96. The highest BCUT2D eigenvalue weighted by Gasteiger charge is 2.09. The Kier molecular flexibility index (Phi) is 3.77. The molecule has 0 aliphatic heterocycles. The molecule has 2 aromatic carbocycles. The lowest BCUT2D eigenvalue weighted by molar-refractivity contribution is 0.102. The van der Waals surface area contributed by atoms with Gasteiger partial charge in [0.1, 0.15) is 5.82 Å². The maximum Gasteiger partial charge on any atom is 0.255 e. The molecule has 0 aromatic heterocycles. The summed E-state index contributed by atoms with van der Waals surface area (Å²) < 4.78 is 14.2. The molecule has 92 valence electrons. The first-order chi connectivity index (χ1) is 8.56. The van der Waals surface area contributed by atoms with Crippen molar-refractivity contribution in [1.29, 1.82) is 0 Å². The average Bonchev–Trinajstić information content (AvgIpc) is 2.33. The normalized spacial score (nSPS) is 10.2. The molecule has 0 aliphatic rings. The van der Waals surface area contributed by atoms with Crippen LogP contribution in [0.15, 0.2) is 46.9 Å². The van der Waals surface area contributed by atoms with Gasteiger partial charge in [-0.05, 0) is 37.3 Å². The molecule has 0 heterocycles. The monoisotopic (exact) mass is 307 g/mol. The minimum absolute atomic E-state index is 0.170. The highest BCUT2D eigenvalue weighted by Crippen LogP contribution is 2.20. The third-order valence-electron chi connectivity index (χ3n) is 2.49. The van der Waals surface area contributed by atoms with Crippen molar-refractivity contribution in [2.45, 2.75) is 6.92 Å². The zero-order chi connectivity index (χ0) is 13.1. The van der Waals surface area contributed by atoms with E-state index in [0.29, 0.717) is 10.0 Å². The maximum atomic E-state index is 13.5. The first-order valence-electron chi connectivity index (χ1n) is 5.39. The fraction of sp³-hybridized carbons (Fsp3) is 0.0714. The van der Waals surface area contributed by atoms with Gasteiger partial charge in [-0.3, -0.25) is 4.79 Å². The molecular weight excluding hydrogens is 297 g/mol. The summed E-state index contributed by atoms with van der Waals surface area (Å²) in [5.41, 5.74) is 1.74. The molecule has 2 aromatic rings. The van der Waals surface area contributed by atoms with Crippen LogP contribution in [0.2, 0.25) is 0 Å². The second-order valence-corrected chi connectivity index (χ2v) is 4.86. The van der Waals surface area contributed by atoms with Gasteiger partial charge in [-0.25, -0.2) is 4.39 Å². The Hall–Kier alpha value is -1.68. The third-order valence-corrected chi connectivity index (χ3v) is 2.99. The molecule has 0 spiro atoms. The predicted molar refractivity (Wildman–Crippen MR) is 73.2 cm³/mol. The predicted octanol–water partition coefficient (Wildman–Crippen LogP) is 4.15. The van der Waals surface area contributed by atoms with Crippen molar-refractivity contribution in [2.75, 3.05) is 5.32 Å².